The van der Waals surface area contributed by atoms with Gasteiger partial charge in [0.2, 0.25) is 0 Å². The lowest BCUT2D eigenvalue weighted by molar-refractivity contribution is -0.153. The van der Waals surface area contributed by atoms with Crippen molar-refractivity contribution in [1.82, 2.24) is 5.32 Å². The van der Waals surface area contributed by atoms with Gasteiger partial charge in [0, 0.05) is 12.1 Å². The minimum atomic E-state index is -4.40. The first-order chi connectivity index (χ1) is 12.7. The molecule has 0 heterocycles. The number of alkyl halides is 3. The molecule has 3 N–H and O–H groups in total. The fraction of sp³-hybridized carbons (Fsp3) is 0.222. The first-order valence-electron chi connectivity index (χ1n) is 7.81. The Bertz CT molecular complexity index is 792. The lowest BCUT2D eigenvalue weighted by Gasteiger charge is -2.10. The van der Waals surface area contributed by atoms with Crippen LogP contribution in [0.1, 0.15) is 15.9 Å². The van der Waals surface area contributed by atoms with Crippen molar-refractivity contribution in [1.29, 1.82) is 0 Å². The number of nitrogens with two attached hydrogens (primary N) is 1. The van der Waals surface area contributed by atoms with E-state index in [0.29, 0.717) is 16.9 Å². The summed E-state index contributed by atoms with van der Waals surface area (Å²) in [5.74, 6) is -0.598. The largest absolute Gasteiger partial charge is 0.484 e. The summed E-state index contributed by atoms with van der Waals surface area (Å²) in [6.07, 6.45) is -4.40. The first kappa shape index (κ1) is 20.1. The normalized spacial score (nSPS) is 10.9. The molecule has 0 aromatic heterocycles. The Hall–Kier alpha value is -3.23. The van der Waals surface area contributed by atoms with Crippen molar-refractivity contribution in [2.45, 2.75) is 12.7 Å². The number of rotatable bonds is 8. The Morgan fingerprint density at radius 2 is 1.70 bits per heavy atom. The number of ether oxygens (including phenoxy) is 2. The molecule has 0 aliphatic rings. The molecule has 2 rings (SSSR count). The van der Waals surface area contributed by atoms with E-state index < -0.39 is 18.7 Å². The average molecular weight is 382 g/mol. The molecule has 0 aliphatic heterocycles. The smallest absolute Gasteiger partial charge is 0.422 e. The van der Waals surface area contributed by atoms with Crippen LogP contribution in [0.4, 0.5) is 13.2 Å². The molecule has 2 aromatic carbocycles. The van der Waals surface area contributed by atoms with Gasteiger partial charge in [0.05, 0.1) is 0 Å². The summed E-state index contributed by atoms with van der Waals surface area (Å²) >= 11 is 0. The summed E-state index contributed by atoms with van der Waals surface area (Å²) in [5.41, 5.74) is 6.00. The number of primary amides is 1. The lowest BCUT2D eigenvalue weighted by Crippen LogP contribution is -2.23. The topological polar surface area (TPSA) is 90.7 Å². The van der Waals surface area contributed by atoms with E-state index in [1.54, 1.807) is 30.3 Å². The van der Waals surface area contributed by atoms with Crippen molar-refractivity contribution >= 4 is 11.8 Å². The molecule has 0 atom stereocenters. The monoisotopic (exact) mass is 382 g/mol. The maximum atomic E-state index is 12.2. The van der Waals surface area contributed by atoms with E-state index in [1.807, 2.05) is 0 Å². The van der Waals surface area contributed by atoms with Gasteiger partial charge in [-0.3, -0.25) is 9.59 Å². The molecule has 0 radical (unpaired) electrons. The third-order valence-corrected chi connectivity index (χ3v) is 3.26. The average Bonchev–Trinajstić information content (AvgIpc) is 2.63. The fourth-order valence-electron chi connectivity index (χ4n) is 2.03. The van der Waals surface area contributed by atoms with Crippen LogP contribution in [-0.2, 0) is 11.3 Å². The molecule has 144 valence electrons. The molecule has 2 aromatic rings. The second-order valence-corrected chi connectivity index (χ2v) is 5.51. The van der Waals surface area contributed by atoms with Gasteiger partial charge in [-0.2, -0.15) is 13.2 Å². The summed E-state index contributed by atoms with van der Waals surface area (Å²) in [6, 6.07) is 12.1. The summed E-state index contributed by atoms with van der Waals surface area (Å²) in [4.78, 5) is 22.9. The maximum Gasteiger partial charge on any atom is 0.422 e. The van der Waals surface area contributed by atoms with E-state index in [2.05, 4.69) is 10.1 Å². The zero-order chi connectivity index (χ0) is 19.9. The molecular weight excluding hydrogens is 365 g/mol. The van der Waals surface area contributed by atoms with Crippen LogP contribution in [0.25, 0.3) is 0 Å². The summed E-state index contributed by atoms with van der Waals surface area (Å²) in [6.45, 7) is -1.49. The molecule has 2 amide bonds. The van der Waals surface area contributed by atoms with Gasteiger partial charge in [-0.05, 0) is 35.9 Å². The van der Waals surface area contributed by atoms with Gasteiger partial charge in [-0.15, -0.1) is 0 Å². The Morgan fingerprint density at radius 1 is 1.00 bits per heavy atom. The van der Waals surface area contributed by atoms with E-state index in [1.165, 1.54) is 18.2 Å². The molecule has 27 heavy (non-hydrogen) atoms. The molecule has 0 saturated carbocycles. The summed E-state index contributed by atoms with van der Waals surface area (Å²) < 4.78 is 46.1. The number of carbonyl (C=O) groups is 2. The van der Waals surface area contributed by atoms with Crippen LogP contribution in [-0.4, -0.2) is 31.2 Å². The van der Waals surface area contributed by atoms with Crippen molar-refractivity contribution < 1.29 is 32.2 Å². The van der Waals surface area contributed by atoms with E-state index >= 15 is 0 Å². The third-order valence-electron chi connectivity index (χ3n) is 3.26. The van der Waals surface area contributed by atoms with Crippen LogP contribution in [0.2, 0.25) is 0 Å². The van der Waals surface area contributed by atoms with Gasteiger partial charge in [-0.1, -0.05) is 18.2 Å². The number of benzene rings is 2. The second kappa shape index (κ2) is 8.93. The van der Waals surface area contributed by atoms with Gasteiger partial charge >= 0.3 is 6.18 Å². The Labute approximate surface area is 153 Å². The van der Waals surface area contributed by atoms with Crippen LogP contribution in [0.15, 0.2) is 48.5 Å². The molecule has 0 fully saturated rings. The zero-order valence-corrected chi connectivity index (χ0v) is 14.1. The zero-order valence-electron chi connectivity index (χ0n) is 14.1. The molecule has 6 nitrogen and oxygen atoms in total. The fourth-order valence-corrected chi connectivity index (χ4v) is 2.03. The maximum absolute atomic E-state index is 12.2. The van der Waals surface area contributed by atoms with Crippen molar-refractivity contribution in [3.63, 3.8) is 0 Å². The summed E-state index contributed by atoms with van der Waals surface area (Å²) in [7, 11) is 0. The van der Waals surface area contributed by atoms with E-state index in [0.717, 1.165) is 0 Å². The van der Waals surface area contributed by atoms with Crippen LogP contribution < -0.4 is 20.5 Å². The highest BCUT2D eigenvalue weighted by Crippen LogP contribution is 2.19. The van der Waals surface area contributed by atoms with Crippen LogP contribution in [0, 0.1) is 0 Å². The number of carbonyl (C=O) groups excluding carboxylic acids is 2. The third kappa shape index (κ3) is 7.27. The molecule has 0 bridgehead atoms. The van der Waals surface area contributed by atoms with E-state index in [4.69, 9.17) is 10.5 Å². The second-order valence-electron chi connectivity index (χ2n) is 5.51. The van der Waals surface area contributed by atoms with Gasteiger partial charge in [0.1, 0.15) is 11.5 Å². The van der Waals surface area contributed by atoms with Gasteiger partial charge in [-0.25, -0.2) is 0 Å². The number of halogens is 3. The minimum Gasteiger partial charge on any atom is -0.484 e. The Kier molecular flexibility index (Phi) is 6.64. The molecule has 9 heteroatoms. The molecule has 0 unspecified atom stereocenters. The van der Waals surface area contributed by atoms with Gasteiger partial charge < -0.3 is 20.5 Å². The molecular formula is C18H17F3N2O4. The summed E-state index contributed by atoms with van der Waals surface area (Å²) in [5, 5.41) is 2.68. The van der Waals surface area contributed by atoms with E-state index in [-0.39, 0.29) is 24.8 Å². The number of amides is 2. The Morgan fingerprint density at radius 3 is 2.33 bits per heavy atom. The first-order valence-corrected chi connectivity index (χ1v) is 7.81. The molecule has 0 spiro atoms. The van der Waals surface area contributed by atoms with Crippen molar-refractivity contribution in [3.05, 3.63) is 59.7 Å². The van der Waals surface area contributed by atoms with Gasteiger partial charge in [0.15, 0.2) is 13.2 Å². The van der Waals surface area contributed by atoms with E-state index in [9.17, 15) is 22.8 Å². The van der Waals surface area contributed by atoms with Crippen LogP contribution >= 0.6 is 0 Å². The quantitative estimate of drug-likeness (QED) is 0.734. The number of hydrogen-bond acceptors (Lipinski definition) is 4. The standard InChI is InChI=1S/C18H17F3N2O4/c19-18(20,21)11-27-14-6-4-12(5-7-14)9-23-17(25)13-2-1-3-15(8-13)26-10-16(22)24/h1-8H,9-11H2,(H2,22,24)(H,23,25). The Balaban J connectivity index is 1.88. The van der Waals surface area contributed by atoms with Crippen molar-refractivity contribution in [2.24, 2.45) is 5.73 Å². The highest BCUT2D eigenvalue weighted by atomic mass is 19.4. The lowest BCUT2D eigenvalue weighted by atomic mass is 10.2. The van der Waals surface area contributed by atoms with Crippen molar-refractivity contribution in [2.75, 3.05) is 13.2 Å². The molecule has 0 aliphatic carbocycles. The minimum absolute atomic E-state index is 0.0849. The van der Waals surface area contributed by atoms with Crippen LogP contribution in [0.3, 0.4) is 0 Å². The number of hydrogen-bond donors (Lipinski definition) is 2. The predicted molar refractivity (Wildman–Crippen MR) is 90.3 cm³/mol. The predicted octanol–water partition coefficient (Wildman–Crippen LogP) is 2.42. The van der Waals surface area contributed by atoms with Gasteiger partial charge in [0.25, 0.3) is 11.8 Å². The van der Waals surface area contributed by atoms with Crippen molar-refractivity contribution in [3.8, 4) is 11.5 Å². The number of nitrogens with one attached hydrogen (secondary N) is 1. The highest BCUT2D eigenvalue weighted by molar-refractivity contribution is 5.94. The SMILES string of the molecule is NC(=O)COc1cccc(C(=O)NCc2ccc(OCC(F)(F)F)cc2)c1. The molecule has 0 saturated heterocycles. The highest BCUT2D eigenvalue weighted by Gasteiger charge is 2.28. The van der Waals surface area contributed by atoms with Crippen LogP contribution in [0.5, 0.6) is 11.5 Å².